The lowest BCUT2D eigenvalue weighted by Gasteiger charge is -2.29. The highest BCUT2D eigenvalue weighted by Gasteiger charge is 2.39. The molecule has 6 nitrogen and oxygen atoms in total. The summed E-state index contributed by atoms with van der Waals surface area (Å²) in [7, 11) is 0. The zero-order chi connectivity index (χ0) is 18.8. The van der Waals surface area contributed by atoms with Gasteiger partial charge in [-0.15, -0.1) is 0 Å². The molecule has 1 amide bonds. The molecule has 142 valence electrons. The molecule has 2 rings (SSSR count). The largest absolute Gasteiger partial charge is 0.436 e. The van der Waals surface area contributed by atoms with Crippen LogP contribution in [0.1, 0.15) is 31.3 Å². The van der Waals surface area contributed by atoms with Gasteiger partial charge >= 0.3 is 6.18 Å². The topological polar surface area (TPSA) is 59.4 Å². The molecule has 25 heavy (non-hydrogen) atoms. The van der Waals surface area contributed by atoms with Crippen LogP contribution in [0.25, 0.3) is 0 Å². The predicted octanol–water partition coefficient (Wildman–Crippen LogP) is 2.26. The SMILES string of the molecule is Cc1c(Cl)c(C(F)(F)F)nn1[C@@H](C)C(=O)N[C@@H](C)CN1CCOCC1. The molecule has 2 atom stereocenters. The highest BCUT2D eigenvalue weighted by atomic mass is 35.5. The van der Waals surface area contributed by atoms with Crippen LogP contribution in [0.15, 0.2) is 0 Å². The van der Waals surface area contributed by atoms with Crippen molar-refractivity contribution in [3.63, 3.8) is 0 Å². The van der Waals surface area contributed by atoms with Crippen LogP contribution in [-0.4, -0.2) is 59.5 Å². The van der Waals surface area contributed by atoms with Crippen molar-refractivity contribution in [2.24, 2.45) is 0 Å². The Hall–Kier alpha value is -1.32. The molecule has 1 fully saturated rings. The number of hydrogen-bond acceptors (Lipinski definition) is 4. The lowest BCUT2D eigenvalue weighted by atomic mass is 10.2. The first-order valence-corrected chi connectivity index (χ1v) is 8.41. The highest BCUT2D eigenvalue weighted by molar-refractivity contribution is 6.32. The molecular weight excluding hydrogens is 361 g/mol. The van der Waals surface area contributed by atoms with Gasteiger partial charge in [-0.05, 0) is 20.8 Å². The summed E-state index contributed by atoms with van der Waals surface area (Å²) in [5.74, 6) is -0.406. The molecule has 1 aliphatic rings. The van der Waals surface area contributed by atoms with Gasteiger partial charge in [0.05, 0.1) is 23.9 Å². The van der Waals surface area contributed by atoms with Gasteiger partial charge < -0.3 is 10.1 Å². The van der Waals surface area contributed by atoms with Crippen LogP contribution in [-0.2, 0) is 15.7 Å². The molecule has 0 saturated carbocycles. The first-order chi connectivity index (χ1) is 11.6. The van der Waals surface area contributed by atoms with Gasteiger partial charge in [0.2, 0.25) is 5.91 Å². The predicted molar refractivity (Wildman–Crippen MR) is 86.6 cm³/mol. The van der Waals surface area contributed by atoms with E-state index in [0.29, 0.717) is 19.8 Å². The van der Waals surface area contributed by atoms with E-state index in [1.807, 2.05) is 6.92 Å². The number of nitrogens with zero attached hydrogens (tertiary/aromatic N) is 3. The Bertz CT molecular complexity index is 615. The van der Waals surface area contributed by atoms with E-state index in [2.05, 4.69) is 15.3 Å². The molecular formula is C15H22ClF3N4O2. The number of hydrogen-bond donors (Lipinski definition) is 1. The number of nitrogens with one attached hydrogen (secondary N) is 1. The molecule has 1 saturated heterocycles. The lowest BCUT2D eigenvalue weighted by molar-refractivity contribution is -0.141. The number of alkyl halides is 3. The first kappa shape index (κ1) is 20.0. The Kier molecular flexibility index (Phi) is 6.34. The van der Waals surface area contributed by atoms with Crippen molar-refractivity contribution < 1.29 is 22.7 Å². The molecule has 1 N–H and O–H groups in total. The highest BCUT2D eigenvalue weighted by Crippen LogP contribution is 2.36. The van der Waals surface area contributed by atoms with Gasteiger partial charge in [-0.1, -0.05) is 11.6 Å². The van der Waals surface area contributed by atoms with Crippen LogP contribution in [0, 0.1) is 6.92 Å². The molecule has 0 radical (unpaired) electrons. The summed E-state index contributed by atoms with van der Waals surface area (Å²) >= 11 is 5.73. The van der Waals surface area contributed by atoms with Crippen LogP contribution >= 0.6 is 11.6 Å². The van der Waals surface area contributed by atoms with Crippen LogP contribution in [0.3, 0.4) is 0 Å². The summed E-state index contributed by atoms with van der Waals surface area (Å²) in [6.07, 6.45) is -4.66. The monoisotopic (exact) mass is 382 g/mol. The number of rotatable bonds is 5. The average Bonchev–Trinajstić information content (AvgIpc) is 2.83. The second-order valence-electron chi connectivity index (χ2n) is 6.19. The molecule has 1 aromatic rings. The zero-order valence-corrected chi connectivity index (χ0v) is 15.1. The minimum Gasteiger partial charge on any atom is -0.379 e. The van der Waals surface area contributed by atoms with E-state index in [1.165, 1.54) is 13.8 Å². The first-order valence-electron chi connectivity index (χ1n) is 8.03. The Labute approximate surface area is 149 Å². The van der Waals surface area contributed by atoms with Crippen LogP contribution in [0.4, 0.5) is 13.2 Å². The molecule has 0 aliphatic carbocycles. The summed E-state index contributed by atoms with van der Waals surface area (Å²) in [5.41, 5.74) is -1.06. The minimum atomic E-state index is -4.66. The van der Waals surface area contributed by atoms with Crippen LogP contribution in [0.5, 0.6) is 0 Å². The molecule has 1 aromatic heterocycles. The number of carbonyl (C=O) groups is 1. The summed E-state index contributed by atoms with van der Waals surface area (Å²) in [5, 5.41) is 5.83. The average molecular weight is 383 g/mol. The van der Waals surface area contributed by atoms with Crippen molar-refractivity contribution in [3.8, 4) is 0 Å². The maximum atomic E-state index is 12.9. The van der Waals surface area contributed by atoms with E-state index < -0.39 is 28.8 Å². The summed E-state index contributed by atoms with van der Waals surface area (Å²) in [6, 6.07) is -1.05. The quantitative estimate of drug-likeness (QED) is 0.848. The fraction of sp³-hybridized carbons (Fsp3) is 0.733. The Morgan fingerprint density at radius 1 is 1.36 bits per heavy atom. The summed E-state index contributed by atoms with van der Waals surface area (Å²) in [6.45, 7) is 8.29. The summed E-state index contributed by atoms with van der Waals surface area (Å²) in [4.78, 5) is 14.5. The standard InChI is InChI=1S/C15H22ClF3N4O2/c1-9(8-22-4-6-25-7-5-22)20-14(24)11(3)23-10(2)12(16)13(21-23)15(17,18)19/h9,11H,4-8H2,1-3H3,(H,20,24)/t9-,11-/m0/s1. The van der Waals surface area contributed by atoms with E-state index >= 15 is 0 Å². The van der Waals surface area contributed by atoms with Crippen molar-refractivity contribution in [2.75, 3.05) is 32.8 Å². The zero-order valence-electron chi connectivity index (χ0n) is 14.4. The number of amides is 1. The van der Waals surface area contributed by atoms with Gasteiger partial charge in [-0.2, -0.15) is 18.3 Å². The smallest absolute Gasteiger partial charge is 0.379 e. The third-order valence-corrected chi connectivity index (χ3v) is 4.57. The van der Waals surface area contributed by atoms with Crippen molar-refractivity contribution in [1.29, 1.82) is 0 Å². The van der Waals surface area contributed by atoms with Gasteiger partial charge in [0.15, 0.2) is 5.69 Å². The molecule has 2 heterocycles. The normalized spacial score (nSPS) is 18.8. The molecule has 1 aliphatic heterocycles. The molecule has 0 bridgehead atoms. The molecule has 0 spiro atoms. The number of ether oxygens (including phenoxy) is 1. The Morgan fingerprint density at radius 2 is 1.96 bits per heavy atom. The fourth-order valence-corrected chi connectivity index (χ4v) is 2.98. The lowest BCUT2D eigenvalue weighted by Crippen LogP contribution is -2.47. The fourth-order valence-electron chi connectivity index (χ4n) is 2.75. The number of morpholine rings is 1. The second-order valence-corrected chi connectivity index (χ2v) is 6.57. The van der Waals surface area contributed by atoms with Crippen molar-refractivity contribution in [3.05, 3.63) is 16.4 Å². The third-order valence-electron chi connectivity index (χ3n) is 4.12. The Balaban J connectivity index is 2.02. The molecule has 0 aromatic carbocycles. The summed E-state index contributed by atoms with van der Waals surface area (Å²) < 4.78 is 45.0. The van der Waals surface area contributed by atoms with Gasteiger partial charge in [0, 0.05) is 25.7 Å². The van der Waals surface area contributed by atoms with Gasteiger partial charge in [0.1, 0.15) is 6.04 Å². The van der Waals surface area contributed by atoms with E-state index in [1.54, 1.807) is 0 Å². The number of halogens is 4. The number of carbonyl (C=O) groups excluding carboxylic acids is 1. The van der Waals surface area contributed by atoms with E-state index in [0.717, 1.165) is 17.8 Å². The van der Waals surface area contributed by atoms with Crippen molar-refractivity contribution >= 4 is 17.5 Å². The van der Waals surface area contributed by atoms with Crippen molar-refractivity contribution in [1.82, 2.24) is 20.0 Å². The maximum Gasteiger partial charge on any atom is 0.436 e. The van der Waals surface area contributed by atoms with E-state index in [-0.39, 0.29) is 11.7 Å². The van der Waals surface area contributed by atoms with Crippen molar-refractivity contribution in [2.45, 2.75) is 39.0 Å². The molecule has 10 heteroatoms. The second kappa shape index (κ2) is 7.92. The molecule has 0 unspecified atom stereocenters. The van der Waals surface area contributed by atoms with Crippen LogP contribution < -0.4 is 5.32 Å². The van der Waals surface area contributed by atoms with E-state index in [4.69, 9.17) is 16.3 Å². The van der Waals surface area contributed by atoms with E-state index in [9.17, 15) is 18.0 Å². The minimum absolute atomic E-state index is 0.109. The number of aromatic nitrogens is 2. The Morgan fingerprint density at radius 3 is 2.48 bits per heavy atom. The third kappa shape index (κ3) is 4.86. The van der Waals surface area contributed by atoms with Gasteiger partial charge in [-0.25, -0.2) is 0 Å². The van der Waals surface area contributed by atoms with Gasteiger partial charge in [0.25, 0.3) is 0 Å². The maximum absolute atomic E-state index is 12.9. The van der Waals surface area contributed by atoms with Crippen LogP contribution in [0.2, 0.25) is 5.02 Å². The van der Waals surface area contributed by atoms with Gasteiger partial charge in [-0.3, -0.25) is 14.4 Å².